The first-order chi connectivity index (χ1) is 33.7. The second-order valence-electron chi connectivity index (χ2n) is 18.0. The third-order valence-corrected chi connectivity index (χ3v) is 15.4. The second kappa shape index (κ2) is 15.3. The number of benzene rings is 10. The molecule has 0 bridgehead atoms. The SMILES string of the molecule is c1ccc(-c2cccc(-c3cc(-c4ccc5sc6ccccc6c5c4)cc(-c4cc(-c5cccc6c5C5(c7ccccc7-c7ccccc75)c5ccccc5-6)nc(-c5ccccc5)n4)c3)c2)cc1. The average molecular weight is 881 g/mol. The number of aromatic nitrogens is 2. The van der Waals surface area contributed by atoms with Gasteiger partial charge in [-0.1, -0.05) is 194 Å². The van der Waals surface area contributed by atoms with Gasteiger partial charge in [0.1, 0.15) is 0 Å². The molecule has 12 aromatic rings. The van der Waals surface area contributed by atoms with Crippen LogP contribution in [0.1, 0.15) is 22.3 Å². The van der Waals surface area contributed by atoms with Gasteiger partial charge in [-0.15, -0.1) is 11.3 Å². The van der Waals surface area contributed by atoms with Crippen LogP contribution in [0.25, 0.3) is 110 Å². The summed E-state index contributed by atoms with van der Waals surface area (Å²) in [4.78, 5) is 11.1. The molecular weight excluding hydrogens is 841 g/mol. The van der Waals surface area contributed by atoms with E-state index in [-0.39, 0.29) is 0 Å². The Morgan fingerprint density at radius 1 is 0.279 bits per heavy atom. The summed E-state index contributed by atoms with van der Waals surface area (Å²) in [6.45, 7) is 0. The molecule has 14 rings (SSSR count). The zero-order valence-corrected chi connectivity index (χ0v) is 37.7. The molecule has 316 valence electrons. The lowest BCUT2D eigenvalue weighted by atomic mass is 9.69. The Balaban J connectivity index is 1.03. The molecule has 0 atom stereocenters. The molecule has 2 aliphatic rings. The Morgan fingerprint density at radius 3 is 1.46 bits per heavy atom. The maximum absolute atomic E-state index is 5.56. The minimum absolute atomic E-state index is 0.533. The average Bonchev–Trinajstić information content (AvgIpc) is 4.05. The molecule has 0 amide bonds. The van der Waals surface area contributed by atoms with Crippen LogP contribution >= 0.6 is 11.3 Å². The number of fused-ring (bicyclic) bond motifs is 13. The van der Waals surface area contributed by atoms with Gasteiger partial charge in [-0.3, -0.25) is 0 Å². The molecule has 10 aromatic carbocycles. The molecule has 2 aromatic heterocycles. The highest BCUT2D eigenvalue weighted by atomic mass is 32.1. The van der Waals surface area contributed by atoms with Gasteiger partial charge in [-0.2, -0.15) is 0 Å². The van der Waals surface area contributed by atoms with Crippen molar-refractivity contribution in [1.82, 2.24) is 9.97 Å². The number of hydrogen-bond acceptors (Lipinski definition) is 3. The van der Waals surface area contributed by atoms with E-state index in [4.69, 9.17) is 9.97 Å². The Morgan fingerprint density at radius 2 is 0.750 bits per heavy atom. The van der Waals surface area contributed by atoms with E-state index in [1.165, 1.54) is 81.4 Å². The molecule has 1 spiro atoms. The first-order valence-corrected chi connectivity index (χ1v) is 24.1. The van der Waals surface area contributed by atoms with E-state index in [0.717, 1.165) is 44.8 Å². The first kappa shape index (κ1) is 38.7. The molecular formula is C65H40N2S. The highest BCUT2D eigenvalue weighted by Gasteiger charge is 2.52. The van der Waals surface area contributed by atoms with E-state index in [9.17, 15) is 0 Å². The van der Waals surface area contributed by atoms with E-state index in [1.807, 2.05) is 11.3 Å². The van der Waals surface area contributed by atoms with Crippen molar-refractivity contribution < 1.29 is 0 Å². The van der Waals surface area contributed by atoms with Crippen molar-refractivity contribution in [2.24, 2.45) is 0 Å². The zero-order valence-electron chi connectivity index (χ0n) is 36.9. The van der Waals surface area contributed by atoms with Crippen molar-refractivity contribution in [3.8, 4) is 89.5 Å². The summed E-state index contributed by atoms with van der Waals surface area (Å²) in [5, 5.41) is 2.57. The molecule has 0 fully saturated rings. The van der Waals surface area contributed by atoms with Gasteiger partial charge in [-0.05, 0) is 126 Å². The standard InChI is InChI=1S/C65H40N2S/c1-3-17-41(18-4-1)43-21-15-22-44(35-43)46-36-47(45-33-34-62-55(39-45)52-26-10-14-32-61(52)68-62)38-48(37-46)59-40-60(67-64(66-59)42-19-5-2-6-20-42)54-28-16-27-53-51-25-9-13-31-58(51)65(63(53)54)56-29-11-7-23-49(56)50-24-8-12-30-57(50)65/h1-40H. The third kappa shape index (κ3) is 5.89. The van der Waals surface area contributed by atoms with E-state index in [1.54, 1.807) is 0 Å². The van der Waals surface area contributed by atoms with Crippen LogP contribution in [0.3, 0.4) is 0 Å². The van der Waals surface area contributed by atoms with Gasteiger partial charge in [-0.25, -0.2) is 9.97 Å². The summed E-state index contributed by atoms with van der Waals surface area (Å²) in [7, 11) is 0. The Bertz CT molecular complexity index is 3910. The van der Waals surface area contributed by atoms with Gasteiger partial charge in [0.2, 0.25) is 0 Å². The van der Waals surface area contributed by atoms with Crippen LogP contribution in [0, 0.1) is 0 Å². The molecule has 0 radical (unpaired) electrons. The Hall–Kier alpha value is -8.50. The maximum Gasteiger partial charge on any atom is 0.160 e. The topological polar surface area (TPSA) is 25.8 Å². The van der Waals surface area contributed by atoms with Gasteiger partial charge in [0.05, 0.1) is 16.8 Å². The lowest BCUT2D eigenvalue weighted by Crippen LogP contribution is -2.26. The molecule has 0 saturated heterocycles. The van der Waals surface area contributed by atoms with Crippen LogP contribution in [-0.4, -0.2) is 9.97 Å². The van der Waals surface area contributed by atoms with Crippen LogP contribution in [0.4, 0.5) is 0 Å². The number of nitrogens with zero attached hydrogens (tertiary/aromatic N) is 2. The van der Waals surface area contributed by atoms with Gasteiger partial charge in [0.25, 0.3) is 0 Å². The molecule has 2 nitrogen and oxygen atoms in total. The fraction of sp³-hybridized carbons (Fsp3) is 0.0154. The molecule has 2 heterocycles. The monoisotopic (exact) mass is 880 g/mol. The van der Waals surface area contributed by atoms with Crippen LogP contribution in [0.15, 0.2) is 243 Å². The van der Waals surface area contributed by atoms with Crippen molar-refractivity contribution in [2.75, 3.05) is 0 Å². The Kier molecular flexibility index (Phi) is 8.71. The molecule has 2 aliphatic carbocycles. The van der Waals surface area contributed by atoms with Gasteiger partial charge >= 0.3 is 0 Å². The van der Waals surface area contributed by atoms with E-state index in [2.05, 4.69) is 243 Å². The minimum Gasteiger partial charge on any atom is -0.228 e. The van der Waals surface area contributed by atoms with Crippen molar-refractivity contribution >= 4 is 31.5 Å². The summed E-state index contributed by atoms with van der Waals surface area (Å²) in [5.41, 5.74) is 21.5. The van der Waals surface area contributed by atoms with Gasteiger partial charge < -0.3 is 0 Å². The van der Waals surface area contributed by atoms with Crippen molar-refractivity contribution in [1.29, 1.82) is 0 Å². The van der Waals surface area contributed by atoms with Crippen LogP contribution in [0.2, 0.25) is 0 Å². The number of thiophene rings is 1. The van der Waals surface area contributed by atoms with Crippen molar-refractivity contribution in [3.05, 3.63) is 265 Å². The largest absolute Gasteiger partial charge is 0.228 e. The number of rotatable bonds is 6. The lowest BCUT2D eigenvalue weighted by molar-refractivity contribution is 0.795. The molecule has 0 saturated carbocycles. The molecule has 0 unspecified atom stereocenters. The fourth-order valence-electron chi connectivity index (χ4n) is 11.3. The highest BCUT2D eigenvalue weighted by molar-refractivity contribution is 7.25. The minimum atomic E-state index is -0.533. The van der Waals surface area contributed by atoms with Crippen molar-refractivity contribution in [3.63, 3.8) is 0 Å². The van der Waals surface area contributed by atoms with E-state index >= 15 is 0 Å². The third-order valence-electron chi connectivity index (χ3n) is 14.3. The fourth-order valence-corrected chi connectivity index (χ4v) is 12.4. The van der Waals surface area contributed by atoms with E-state index < -0.39 is 5.41 Å². The molecule has 3 heteroatoms. The Labute approximate surface area is 399 Å². The summed E-state index contributed by atoms with van der Waals surface area (Å²) >= 11 is 1.85. The van der Waals surface area contributed by atoms with Crippen LogP contribution in [-0.2, 0) is 5.41 Å². The first-order valence-electron chi connectivity index (χ1n) is 23.3. The summed E-state index contributed by atoms with van der Waals surface area (Å²) in [6, 6.07) is 88.8. The predicted molar refractivity (Wildman–Crippen MR) is 284 cm³/mol. The smallest absolute Gasteiger partial charge is 0.160 e. The molecule has 0 aliphatic heterocycles. The van der Waals surface area contributed by atoms with Crippen molar-refractivity contribution in [2.45, 2.75) is 5.41 Å². The quantitative estimate of drug-likeness (QED) is 0.166. The van der Waals surface area contributed by atoms with Crippen LogP contribution < -0.4 is 0 Å². The predicted octanol–water partition coefficient (Wildman–Crippen LogP) is 17.2. The number of hydrogen-bond donors (Lipinski definition) is 0. The van der Waals surface area contributed by atoms with Gasteiger partial charge in [0, 0.05) is 36.9 Å². The maximum atomic E-state index is 5.56. The normalized spacial score (nSPS) is 12.8. The second-order valence-corrected chi connectivity index (χ2v) is 19.1. The molecule has 0 N–H and O–H groups in total. The van der Waals surface area contributed by atoms with Gasteiger partial charge in [0.15, 0.2) is 5.82 Å². The zero-order chi connectivity index (χ0) is 44.8. The molecule has 68 heavy (non-hydrogen) atoms. The summed E-state index contributed by atoms with van der Waals surface area (Å²) in [6.07, 6.45) is 0. The lowest BCUT2D eigenvalue weighted by Gasteiger charge is -2.32. The van der Waals surface area contributed by atoms with E-state index in [0.29, 0.717) is 5.82 Å². The summed E-state index contributed by atoms with van der Waals surface area (Å²) < 4.78 is 2.59. The highest BCUT2D eigenvalue weighted by Crippen LogP contribution is 2.64. The summed E-state index contributed by atoms with van der Waals surface area (Å²) in [5.74, 6) is 0.691. The van der Waals surface area contributed by atoms with Crippen LogP contribution in [0.5, 0.6) is 0 Å².